The molecule has 0 heterocycles. The number of hydrogen-bond acceptors (Lipinski definition) is 5. The zero-order valence-electron chi connectivity index (χ0n) is 10.4. The monoisotopic (exact) mass is 268 g/mol. The molecule has 0 saturated carbocycles. The highest BCUT2D eigenvalue weighted by molar-refractivity contribution is 8.00. The molecular weight excluding hydrogens is 252 g/mol. The summed E-state index contributed by atoms with van der Waals surface area (Å²) < 4.78 is 9.33. The van der Waals surface area contributed by atoms with Crippen LogP contribution >= 0.6 is 11.8 Å². The molecule has 0 fully saturated rings. The van der Waals surface area contributed by atoms with E-state index in [9.17, 15) is 9.59 Å². The van der Waals surface area contributed by atoms with Crippen molar-refractivity contribution in [3.05, 3.63) is 35.9 Å². The quantitative estimate of drug-likeness (QED) is 0.740. The van der Waals surface area contributed by atoms with Gasteiger partial charge in [-0.1, -0.05) is 30.3 Å². The molecule has 0 amide bonds. The summed E-state index contributed by atoms with van der Waals surface area (Å²) in [6.45, 7) is 0. The summed E-state index contributed by atoms with van der Waals surface area (Å²) in [7, 11) is 2.71. The van der Waals surface area contributed by atoms with Gasteiger partial charge in [0.2, 0.25) is 0 Å². The third-order valence-corrected chi connectivity index (χ3v) is 3.57. The SMILES string of the molecule is COC(=O)CCSC(C(=O)OC)c1ccccc1. The van der Waals surface area contributed by atoms with E-state index in [0.717, 1.165) is 5.56 Å². The second kappa shape index (κ2) is 7.76. The lowest BCUT2D eigenvalue weighted by Gasteiger charge is -2.14. The fraction of sp³-hybridized carbons (Fsp3) is 0.385. The van der Waals surface area contributed by atoms with Crippen molar-refractivity contribution in [1.29, 1.82) is 0 Å². The van der Waals surface area contributed by atoms with Crippen molar-refractivity contribution in [2.45, 2.75) is 11.7 Å². The number of benzene rings is 1. The van der Waals surface area contributed by atoms with Crippen LogP contribution in [0.4, 0.5) is 0 Å². The Bertz CT molecular complexity index is 391. The minimum atomic E-state index is -0.402. The molecule has 1 rings (SSSR count). The molecule has 0 aliphatic rings. The van der Waals surface area contributed by atoms with Crippen LogP contribution in [0.15, 0.2) is 30.3 Å². The first-order valence-corrected chi connectivity index (χ1v) is 6.55. The number of esters is 2. The van der Waals surface area contributed by atoms with Gasteiger partial charge in [-0.15, -0.1) is 11.8 Å². The molecule has 0 N–H and O–H groups in total. The van der Waals surface area contributed by atoms with E-state index >= 15 is 0 Å². The lowest BCUT2D eigenvalue weighted by Crippen LogP contribution is -2.12. The van der Waals surface area contributed by atoms with E-state index in [-0.39, 0.29) is 18.4 Å². The number of ether oxygens (including phenoxy) is 2. The van der Waals surface area contributed by atoms with Crippen molar-refractivity contribution >= 4 is 23.7 Å². The Morgan fingerprint density at radius 2 is 1.83 bits per heavy atom. The first-order valence-electron chi connectivity index (χ1n) is 5.50. The Kier molecular flexibility index (Phi) is 6.28. The predicted octanol–water partition coefficient (Wildman–Crippen LogP) is 2.20. The van der Waals surface area contributed by atoms with Gasteiger partial charge in [0.15, 0.2) is 0 Å². The highest BCUT2D eigenvalue weighted by atomic mass is 32.2. The van der Waals surface area contributed by atoms with Gasteiger partial charge in [0.05, 0.1) is 20.6 Å². The van der Waals surface area contributed by atoms with E-state index in [1.165, 1.54) is 26.0 Å². The van der Waals surface area contributed by atoms with Gasteiger partial charge in [0, 0.05) is 5.75 Å². The molecule has 0 aromatic heterocycles. The van der Waals surface area contributed by atoms with E-state index in [0.29, 0.717) is 5.75 Å². The standard InChI is InChI=1S/C13H16O4S/c1-16-11(14)8-9-18-12(13(15)17-2)10-6-4-3-5-7-10/h3-7,12H,8-9H2,1-2H3. The fourth-order valence-corrected chi connectivity index (χ4v) is 2.50. The van der Waals surface area contributed by atoms with Crippen molar-refractivity contribution in [2.24, 2.45) is 0 Å². The molecular formula is C13H16O4S. The first kappa shape index (κ1) is 14.6. The van der Waals surface area contributed by atoms with Crippen molar-refractivity contribution in [2.75, 3.05) is 20.0 Å². The molecule has 1 aromatic rings. The van der Waals surface area contributed by atoms with Crippen molar-refractivity contribution < 1.29 is 19.1 Å². The van der Waals surface area contributed by atoms with Crippen LogP contribution < -0.4 is 0 Å². The number of hydrogen-bond donors (Lipinski definition) is 0. The van der Waals surface area contributed by atoms with Crippen molar-refractivity contribution in [3.8, 4) is 0 Å². The van der Waals surface area contributed by atoms with Gasteiger partial charge in [-0.3, -0.25) is 9.59 Å². The summed E-state index contributed by atoms with van der Waals surface area (Å²) in [5, 5.41) is -0.402. The summed E-state index contributed by atoms with van der Waals surface area (Å²) in [6.07, 6.45) is 0.279. The zero-order chi connectivity index (χ0) is 13.4. The average molecular weight is 268 g/mol. The third kappa shape index (κ3) is 4.41. The maximum Gasteiger partial charge on any atom is 0.323 e. The summed E-state index contributed by atoms with van der Waals surface area (Å²) in [6, 6.07) is 9.36. The number of carbonyl (C=O) groups is 2. The minimum absolute atomic E-state index is 0.279. The molecule has 0 aliphatic carbocycles. The molecule has 0 bridgehead atoms. The summed E-state index contributed by atoms with van der Waals surface area (Å²) >= 11 is 1.38. The Labute approximate surface area is 111 Å². The highest BCUT2D eigenvalue weighted by Gasteiger charge is 2.21. The average Bonchev–Trinajstić information content (AvgIpc) is 2.43. The van der Waals surface area contributed by atoms with E-state index in [1.54, 1.807) is 0 Å². The second-order valence-corrected chi connectivity index (χ2v) is 4.72. The molecule has 1 unspecified atom stereocenters. The van der Waals surface area contributed by atoms with Gasteiger partial charge in [0.1, 0.15) is 5.25 Å². The zero-order valence-corrected chi connectivity index (χ0v) is 11.2. The molecule has 98 valence electrons. The summed E-state index contributed by atoms with van der Waals surface area (Å²) in [5.41, 5.74) is 0.874. The molecule has 0 saturated heterocycles. The van der Waals surface area contributed by atoms with Crippen LogP contribution in [0.3, 0.4) is 0 Å². The fourth-order valence-electron chi connectivity index (χ4n) is 1.40. The largest absolute Gasteiger partial charge is 0.469 e. The third-order valence-electron chi connectivity index (χ3n) is 2.34. The molecule has 0 radical (unpaired) electrons. The minimum Gasteiger partial charge on any atom is -0.469 e. The van der Waals surface area contributed by atoms with Gasteiger partial charge < -0.3 is 9.47 Å². The van der Waals surface area contributed by atoms with Crippen LogP contribution in [0.5, 0.6) is 0 Å². The number of thioether (sulfide) groups is 1. The van der Waals surface area contributed by atoms with Crippen LogP contribution in [0.2, 0.25) is 0 Å². The molecule has 0 spiro atoms. The van der Waals surface area contributed by atoms with Crippen molar-refractivity contribution in [1.82, 2.24) is 0 Å². The molecule has 4 nitrogen and oxygen atoms in total. The normalized spacial score (nSPS) is 11.7. The molecule has 1 atom stereocenters. The topological polar surface area (TPSA) is 52.6 Å². The maximum atomic E-state index is 11.7. The Morgan fingerprint density at radius 1 is 1.17 bits per heavy atom. The van der Waals surface area contributed by atoms with Gasteiger partial charge in [-0.2, -0.15) is 0 Å². The van der Waals surface area contributed by atoms with E-state index in [4.69, 9.17) is 4.74 Å². The predicted molar refractivity (Wildman–Crippen MR) is 70.3 cm³/mol. The lowest BCUT2D eigenvalue weighted by atomic mass is 10.1. The van der Waals surface area contributed by atoms with Gasteiger partial charge in [-0.05, 0) is 5.56 Å². The van der Waals surface area contributed by atoms with E-state index in [1.807, 2.05) is 30.3 Å². The Balaban J connectivity index is 2.63. The van der Waals surface area contributed by atoms with E-state index < -0.39 is 5.25 Å². The van der Waals surface area contributed by atoms with Crippen LogP contribution in [-0.4, -0.2) is 31.9 Å². The van der Waals surface area contributed by atoms with Crippen LogP contribution in [0.1, 0.15) is 17.2 Å². The van der Waals surface area contributed by atoms with E-state index in [2.05, 4.69) is 4.74 Å². The molecule has 5 heteroatoms. The number of rotatable bonds is 6. The second-order valence-electron chi connectivity index (χ2n) is 3.51. The van der Waals surface area contributed by atoms with Crippen LogP contribution in [-0.2, 0) is 19.1 Å². The summed E-state index contributed by atoms with van der Waals surface area (Å²) in [5.74, 6) is -0.0725. The highest BCUT2D eigenvalue weighted by Crippen LogP contribution is 2.30. The molecule has 0 aliphatic heterocycles. The summed E-state index contributed by atoms with van der Waals surface area (Å²) in [4.78, 5) is 22.7. The van der Waals surface area contributed by atoms with Gasteiger partial charge >= 0.3 is 11.9 Å². The molecule has 18 heavy (non-hydrogen) atoms. The van der Waals surface area contributed by atoms with Crippen LogP contribution in [0, 0.1) is 0 Å². The number of carbonyl (C=O) groups excluding carboxylic acids is 2. The number of methoxy groups -OCH3 is 2. The lowest BCUT2D eigenvalue weighted by molar-refractivity contribution is -0.141. The smallest absolute Gasteiger partial charge is 0.323 e. The Hall–Kier alpha value is -1.49. The Morgan fingerprint density at radius 3 is 2.39 bits per heavy atom. The van der Waals surface area contributed by atoms with Crippen molar-refractivity contribution in [3.63, 3.8) is 0 Å². The first-order chi connectivity index (χ1) is 8.69. The maximum absolute atomic E-state index is 11.7. The molecule has 1 aromatic carbocycles. The van der Waals surface area contributed by atoms with Gasteiger partial charge in [0.25, 0.3) is 0 Å². The van der Waals surface area contributed by atoms with Crippen LogP contribution in [0.25, 0.3) is 0 Å². The van der Waals surface area contributed by atoms with Gasteiger partial charge in [-0.25, -0.2) is 0 Å².